The van der Waals surface area contributed by atoms with Gasteiger partial charge in [-0.2, -0.15) is 4.80 Å². The van der Waals surface area contributed by atoms with Crippen LogP contribution in [-0.2, 0) is 4.79 Å². The molecule has 0 aliphatic carbocycles. The van der Waals surface area contributed by atoms with E-state index in [1.54, 1.807) is 44.2 Å². The van der Waals surface area contributed by atoms with E-state index < -0.39 is 0 Å². The Labute approximate surface area is 149 Å². The second kappa shape index (κ2) is 6.94. The molecule has 0 fully saturated rings. The SMILES string of the molecule is CC(C)C(=O)NC(=S)Nc1ccc2nn(-c3ccc(F)cc3)nc2c1. The lowest BCUT2D eigenvalue weighted by Gasteiger charge is -2.10. The van der Waals surface area contributed by atoms with Crippen molar-refractivity contribution in [3.8, 4) is 5.69 Å². The van der Waals surface area contributed by atoms with Gasteiger partial charge in [0.05, 0.1) is 5.69 Å². The Kier molecular flexibility index (Phi) is 4.71. The van der Waals surface area contributed by atoms with Gasteiger partial charge >= 0.3 is 0 Å². The summed E-state index contributed by atoms with van der Waals surface area (Å²) in [5.74, 6) is -0.623. The monoisotopic (exact) mass is 357 g/mol. The molecule has 1 aromatic heterocycles. The number of anilines is 1. The van der Waals surface area contributed by atoms with E-state index in [0.29, 0.717) is 22.4 Å². The minimum atomic E-state index is -0.316. The highest BCUT2D eigenvalue weighted by atomic mass is 32.1. The lowest BCUT2D eigenvalue weighted by atomic mass is 10.2. The summed E-state index contributed by atoms with van der Waals surface area (Å²) in [5.41, 5.74) is 2.68. The number of nitrogens with one attached hydrogen (secondary N) is 2. The van der Waals surface area contributed by atoms with E-state index in [1.807, 2.05) is 0 Å². The first-order valence-corrected chi connectivity index (χ1v) is 8.08. The molecule has 2 N–H and O–H groups in total. The van der Waals surface area contributed by atoms with Crippen molar-refractivity contribution in [2.45, 2.75) is 13.8 Å². The number of fused-ring (bicyclic) bond motifs is 1. The van der Waals surface area contributed by atoms with E-state index in [-0.39, 0.29) is 22.8 Å². The summed E-state index contributed by atoms with van der Waals surface area (Å²) >= 11 is 5.13. The van der Waals surface area contributed by atoms with Gasteiger partial charge in [0.15, 0.2) is 5.11 Å². The minimum absolute atomic E-state index is 0.152. The Morgan fingerprint density at radius 1 is 1.12 bits per heavy atom. The average molecular weight is 357 g/mol. The molecular weight excluding hydrogens is 341 g/mol. The molecular formula is C17H16FN5OS. The van der Waals surface area contributed by atoms with Crippen molar-refractivity contribution in [3.63, 3.8) is 0 Å². The molecule has 0 saturated carbocycles. The molecule has 3 rings (SSSR count). The van der Waals surface area contributed by atoms with Crippen LogP contribution in [0.3, 0.4) is 0 Å². The molecule has 1 heterocycles. The summed E-state index contributed by atoms with van der Waals surface area (Å²) in [6.45, 7) is 3.58. The van der Waals surface area contributed by atoms with Gasteiger partial charge in [0.2, 0.25) is 5.91 Å². The zero-order chi connectivity index (χ0) is 18.0. The number of aromatic nitrogens is 3. The van der Waals surface area contributed by atoms with Crippen LogP contribution in [-0.4, -0.2) is 26.0 Å². The van der Waals surface area contributed by atoms with E-state index in [4.69, 9.17) is 12.2 Å². The molecule has 0 atom stereocenters. The summed E-state index contributed by atoms with van der Waals surface area (Å²) in [4.78, 5) is 13.1. The zero-order valence-corrected chi connectivity index (χ0v) is 14.5. The first-order valence-electron chi connectivity index (χ1n) is 7.67. The fourth-order valence-corrected chi connectivity index (χ4v) is 2.32. The standard InChI is InChI=1S/C17H16FN5OS/c1-10(2)16(24)20-17(25)19-12-5-8-14-15(9-12)22-23(21-14)13-6-3-11(18)4-7-13/h3-10H,1-2H3,(H2,19,20,24,25). The quantitative estimate of drug-likeness (QED) is 0.705. The van der Waals surface area contributed by atoms with Crippen LogP contribution >= 0.6 is 12.2 Å². The van der Waals surface area contributed by atoms with Crippen LogP contribution in [0.15, 0.2) is 42.5 Å². The number of amides is 1. The molecule has 6 nitrogen and oxygen atoms in total. The molecule has 0 radical (unpaired) electrons. The van der Waals surface area contributed by atoms with Gasteiger partial charge in [0, 0.05) is 11.6 Å². The van der Waals surface area contributed by atoms with Crippen LogP contribution < -0.4 is 10.6 Å². The van der Waals surface area contributed by atoms with Crippen molar-refractivity contribution in [1.29, 1.82) is 0 Å². The Hall–Kier alpha value is -2.87. The van der Waals surface area contributed by atoms with Crippen LogP contribution in [0.1, 0.15) is 13.8 Å². The predicted octanol–water partition coefficient (Wildman–Crippen LogP) is 3.03. The highest BCUT2D eigenvalue weighted by molar-refractivity contribution is 7.80. The molecule has 0 unspecified atom stereocenters. The third-order valence-corrected chi connectivity index (χ3v) is 3.66. The highest BCUT2D eigenvalue weighted by Gasteiger charge is 2.10. The van der Waals surface area contributed by atoms with Gasteiger partial charge in [-0.1, -0.05) is 13.8 Å². The number of benzene rings is 2. The Balaban J connectivity index is 1.79. The van der Waals surface area contributed by atoms with Crippen LogP contribution in [0.2, 0.25) is 0 Å². The van der Waals surface area contributed by atoms with E-state index in [0.717, 1.165) is 0 Å². The molecule has 0 saturated heterocycles. The zero-order valence-electron chi connectivity index (χ0n) is 13.7. The molecule has 2 aromatic carbocycles. The summed E-state index contributed by atoms with van der Waals surface area (Å²) in [6, 6.07) is 11.3. The maximum Gasteiger partial charge on any atom is 0.228 e. The third kappa shape index (κ3) is 3.97. The van der Waals surface area contributed by atoms with Gasteiger partial charge in [0.25, 0.3) is 0 Å². The molecule has 1 amide bonds. The highest BCUT2D eigenvalue weighted by Crippen LogP contribution is 2.17. The van der Waals surface area contributed by atoms with Crippen molar-refractivity contribution in [2.24, 2.45) is 5.92 Å². The molecule has 128 valence electrons. The van der Waals surface area contributed by atoms with E-state index in [9.17, 15) is 9.18 Å². The van der Waals surface area contributed by atoms with Crippen LogP contribution in [0, 0.1) is 11.7 Å². The van der Waals surface area contributed by atoms with Gasteiger partial charge in [-0.15, -0.1) is 10.2 Å². The van der Waals surface area contributed by atoms with E-state index >= 15 is 0 Å². The summed E-state index contributed by atoms with van der Waals surface area (Å²) in [6.07, 6.45) is 0. The maximum atomic E-state index is 13.0. The Morgan fingerprint density at radius 2 is 1.80 bits per heavy atom. The van der Waals surface area contributed by atoms with Crippen molar-refractivity contribution in [3.05, 3.63) is 48.3 Å². The smallest absolute Gasteiger partial charge is 0.228 e. The third-order valence-electron chi connectivity index (χ3n) is 3.46. The number of rotatable bonds is 3. The molecule has 0 bridgehead atoms. The lowest BCUT2D eigenvalue weighted by molar-refractivity contribution is -0.122. The number of carbonyl (C=O) groups excluding carboxylic acids is 1. The fraction of sp³-hybridized carbons (Fsp3) is 0.176. The van der Waals surface area contributed by atoms with Gasteiger partial charge < -0.3 is 10.6 Å². The Morgan fingerprint density at radius 3 is 2.48 bits per heavy atom. The topological polar surface area (TPSA) is 71.8 Å². The molecule has 25 heavy (non-hydrogen) atoms. The predicted molar refractivity (Wildman–Crippen MR) is 98.0 cm³/mol. The van der Waals surface area contributed by atoms with Gasteiger partial charge in [-0.3, -0.25) is 4.79 Å². The number of thiocarbonyl (C=S) groups is 1. The van der Waals surface area contributed by atoms with Crippen molar-refractivity contribution < 1.29 is 9.18 Å². The average Bonchev–Trinajstić information content (AvgIpc) is 2.98. The van der Waals surface area contributed by atoms with Gasteiger partial charge in [-0.25, -0.2) is 4.39 Å². The summed E-state index contributed by atoms with van der Waals surface area (Å²) in [7, 11) is 0. The second-order valence-electron chi connectivity index (χ2n) is 5.77. The largest absolute Gasteiger partial charge is 0.332 e. The normalized spacial score (nSPS) is 10.9. The first kappa shape index (κ1) is 17.0. The van der Waals surface area contributed by atoms with Crippen molar-refractivity contribution >= 4 is 40.0 Å². The van der Waals surface area contributed by atoms with Crippen molar-refractivity contribution in [1.82, 2.24) is 20.3 Å². The fourth-order valence-electron chi connectivity index (χ4n) is 2.10. The first-order chi connectivity index (χ1) is 11.9. The molecule has 0 aliphatic rings. The number of halogens is 1. The molecule has 0 spiro atoms. The summed E-state index contributed by atoms with van der Waals surface area (Å²) in [5, 5.41) is 14.5. The van der Waals surface area contributed by atoms with Crippen LogP contribution in [0.5, 0.6) is 0 Å². The van der Waals surface area contributed by atoms with Gasteiger partial charge in [0.1, 0.15) is 16.9 Å². The molecule has 8 heteroatoms. The lowest BCUT2D eigenvalue weighted by Crippen LogP contribution is -2.36. The Bertz CT molecular complexity index is 936. The van der Waals surface area contributed by atoms with Crippen molar-refractivity contribution in [2.75, 3.05) is 5.32 Å². The number of carbonyl (C=O) groups is 1. The molecule has 0 aliphatic heterocycles. The number of hydrogen-bond acceptors (Lipinski definition) is 4. The van der Waals surface area contributed by atoms with Gasteiger partial charge in [-0.05, 0) is 54.7 Å². The second-order valence-corrected chi connectivity index (χ2v) is 6.18. The van der Waals surface area contributed by atoms with E-state index in [2.05, 4.69) is 20.8 Å². The number of nitrogens with zero attached hydrogens (tertiary/aromatic N) is 3. The van der Waals surface area contributed by atoms with Crippen LogP contribution in [0.25, 0.3) is 16.7 Å². The maximum absolute atomic E-state index is 13.0. The summed E-state index contributed by atoms with van der Waals surface area (Å²) < 4.78 is 13.0. The van der Waals surface area contributed by atoms with Crippen LogP contribution in [0.4, 0.5) is 10.1 Å². The number of hydrogen-bond donors (Lipinski definition) is 2. The molecule has 3 aromatic rings. The van der Waals surface area contributed by atoms with E-state index in [1.165, 1.54) is 16.9 Å². The minimum Gasteiger partial charge on any atom is -0.332 e.